The zero-order valence-electron chi connectivity index (χ0n) is 15.0. The van der Waals surface area contributed by atoms with Gasteiger partial charge in [0.15, 0.2) is 3.74 Å². The van der Waals surface area contributed by atoms with E-state index in [-0.39, 0.29) is 9.71 Å². The smallest absolute Gasteiger partial charge is 0.330 e. The molecule has 0 unspecified atom stereocenters. The quantitative estimate of drug-likeness (QED) is 0.272. The number of halogens is 2. The summed E-state index contributed by atoms with van der Waals surface area (Å²) in [5.74, 6) is -0.285. The van der Waals surface area contributed by atoms with Crippen LogP contribution in [0, 0.1) is 0 Å². The Balaban J connectivity index is 0.000000279. The molecule has 0 heterocycles. The summed E-state index contributed by atoms with van der Waals surface area (Å²) >= 11 is 5.97. The Morgan fingerprint density at radius 3 is 1.33 bits per heavy atom. The monoisotopic (exact) mass is 506 g/mol. The molecule has 0 fully saturated rings. The van der Waals surface area contributed by atoms with Crippen LogP contribution in [-0.4, -0.2) is 16.3 Å². The zero-order valence-corrected chi connectivity index (χ0v) is 19.0. The van der Waals surface area contributed by atoms with Gasteiger partial charge in [0.1, 0.15) is 0 Å². The lowest BCUT2D eigenvalue weighted by atomic mass is 10.4. The average Bonchev–Trinajstić information content (AvgIpc) is 2.71. The van der Waals surface area contributed by atoms with Crippen molar-refractivity contribution < 1.29 is 9.53 Å². The Kier molecular flexibility index (Phi) is 9.75. The second-order valence-electron chi connectivity index (χ2n) is 5.39. The second kappa shape index (κ2) is 12.1. The summed E-state index contributed by atoms with van der Waals surface area (Å²) < 4.78 is 4.20. The summed E-state index contributed by atoms with van der Waals surface area (Å²) in [5, 5.41) is 4.19. The Morgan fingerprint density at radius 1 is 0.778 bits per heavy atom. The summed E-state index contributed by atoms with van der Waals surface area (Å²) in [7, 11) is -0.446. The highest BCUT2D eigenvalue weighted by Crippen LogP contribution is 2.32. The molecular formula is C22H21Br2O2P. The van der Waals surface area contributed by atoms with E-state index in [0.717, 1.165) is 0 Å². The van der Waals surface area contributed by atoms with Crippen LogP contribution in [0.1, 0.15) is 6.92 Å². The van der Waals surface area contributed by atoms with Gasteiger partial charge in [-0.3, -0.25) is 0 Å². The lowest BCUT2D eigenvalue weighted by Crippen LogP contribution is -2.20. The van der Waals surface area contributed by atoms with Crippen molar-refractivity contribution in [2.75, 3.05) is 6.61 Å². The fourth-order valence-corrected chi connectivity index (χ4v) is 4.95. The van der Waals surface area contributed by atoms with E-state index in [0.29, 0.717) is 6.61 Å². The van der Waals surface area contributed by atoms with Crippen LogP contribution in [0.2, 0.25) is 0 Å². The number of carbonyl (C=O) groups excluding carboxylic acids is 1. The molecule has 3 aromatic carbocycles. The van der Waals surface area contributed by atoms with E-state index >= 15 is 0 Å². The van der Waals surface area contributed by atoms with Crippen LogP contribution in [0.25, 0.3) is 0 Å². The molecule has 0 amide bonds. The van der Waals surface area contributed by atoms with E-state index in [2.05, 4.69) is 128 Å². The third kappa shape index (κ3) is 7.21. The fraction of sp³-hybridized carbons (Fsp3) is 0.136. The van der Waals surface area contributed by atoms with Crippen molar-refractivity contribution in [1.82, 2.24) is 0 Å². The number of ether oxygens (including phenoxy) is 1. The molecule has 0 atom stereocenters. The van der Waals surface area contributed by atoms with E-state index in [1.165, 1.54) is 15.9 Å². The maximum absolute atomic E-state index is 10.4. The van der Waals surface area contributed by atoms with Crippen molar-refractivity contribution in [1.29, 1.82) is 0 Å². The van der Waals surface area contributed by atoms with Gasteiger partial charge in [-0.1, -0.05) is 123 Å². The predicted molar refractivity (Wildman–Crippen MR) is 123 cm³/mol. The Hall–Kier alpha value is -1.48. The average molecular weight is 508 g/mol. The molecule has 0 aliphatic heterocycles. The van der Waals surface area contributed by atoms with Gasteiger partial charge in [-0.25, -0.2) is 4.79 Å². The largest absolute Gasteiger partial charge is 0.465 e. The maximum atomic E-state index is 10.4. The van der Waals surface area contributed by atoms with Crippen LogP contribution >= 0.6 is 39.8 Å². The second-order valence-corrected chi connectivity index (χ2v) is 10.7. The van der Waals surface area contributed by atoms with Crippen molar-refractivity contribution in [2.45, 2.75) is 10.7 Å². The predicted octanol–water partition coefficient (Wildman–Crippen LogP) is 5.11. The minimum absolute atomic E-state index is 0.285. The third-order valence-corrected chi connectivity index (χ3v) is 6.70. The van der Waals surface area contributed by atoms with Gasteiger partial charge < -0.3 is 4.74 Å². The van der Waals surface area contributed by atoms with E-state index in [4.69, 9.17) is 0 Å². The molecule has 0 radical (unpaired) electrons. The number of hydrogen-bond acceptors (Lipinski definition) is 2. The van der Waals surface area contributed by atoms with Crippen molar-refractivity contribution in [3.63, 3.8) is 0 Å². The first-order chi connectivity index (χ1) is 13.1. The molecule has 0 spiro atoms. The van der Waals surface area contributed by atoms with Crippen LogP contribution in [0.15, 0.2) is 91.0 Å². The van der Waals surface area contributed by atoms with E-state index in [9.17, 15) is 4.79 Å². The van der Waals surface area contributed by atoms with Crippen LogP contribution in [0.4, 0.5) is 0 Å². The summed E-state index contributed by atoms with van der Waals surface area (Å²) in [6.45, 7) is 2.19. The van der Waals surface area contributed by atoms with Gasteiger partial charge >= 0.3 is 5.97 Å². The summed E-state index contributed by atoms with van der Waals surface area (Å²) in [5.41, 5.74) is 0. The molecule has 0 aliphatic rings. The third-order valence-electron chi connectivity index (χ3n) is 3.51. The first-order valence-electron chi connectivity index (χ1n) is 8.53. The molecule has 140 valence electrons. The molecule has 27 heavy (non-hydrogen) atoms. The number of hydrogen-bond donors (Lipinski definition) is 0. The Morgan fingerprint density at radius 2 is 1.11 bits per heavy atom. The highest BCUT2D eigenvalue weighted by molar-refractivity contribution is 9.25. The van der Waals surface area contributed by atoms with Gasteiger partial charge in [0.2, 0.25) is 0 Å². The normalized spacial score (nSPS) is 10.3. The van der Waals surface area contributed by atoms with Crippen LogP contribution in [0.3, 0.4) is 0 Å². The lowest BCUT2D eigenvalue weighted by Gasteiger charge is -2.18. The molecule has 0 saturated carbocycles. The molecule has 0 aliphatic carbocycles. The first-order valence-corrected chi connectivity index (χ1v) is 11.7. The number of benzene rings is 3. The number of esters is 1. The van der Waals surface area contributed by atoms with Crippen molar-refractivity contribution in [3.05, 3.63) is 91.0 Å². The number of carbonyl (C=O) groups is 1. The molecule has 3 aromatic rings. The van der Waals surface area contributed by atoms with Crippen LogP contribution in [0.5, 0.6) is 0 Å². The molecule has 0 bridgehead atoms. The number of rotatable bonds is 5. The van der Waals surface area contributed by atoms with Crippen LogP contribution < -0.4 is 15.9 Å². The van der Waals surface area contributed by atoms with Gasteiger partial charge in [-0.05, 0) is 30.8 Å². The zero-order chi connectivity index (χ0) is 19.5. The highest BCUT2D eigenvalue weighted by atomic mass is 79.9. The fourth-order valence-electron chi connectivity index (χ4n) is 2.38. The van der Waals surface area contributed by atoms with E-state index in [1.807, 2.05) is 0 Å². The van der Waals surface area contributed by atoms with Gasteiger partial charge in [-0.15, -0.1) is 0 Å². The highest BCUT2D eigenvalue weighted by Gasteiger charge is 2.15. The van der Waals surface area contributed by atoms with Gasteiger partial charge in [-0.2, -0.15) is 0 Å². The molecule has 2 nitrogen and oxygen atoms in total. The molecule has 0 saturated heterocycles. The van der Waals surface area contributed by atoms with Gasteiger partial charge in [0, 0.05) is 0 Å². The van der Waals surface area contributed by atoms with Crippen molar-refractivity contribution in [3.8, 4) is 0 Å². The SMILES string of the molecule is CCOC(=O)C(Br)Br.c1ccc(P(c2ccccc2)c2ccccc2)cc1. The standard InChI is InChI=1S/C18H15P.C4H6Br2O2/c1-4-10-16(11-5-1)19(17-12-6-2-7-13-17)18-14-8-3-9-15-18;1-2-8-4(7)3(5)6/h1-15H;3H,2H2,1H3. The first kappa shape index (κ1) is 21.8. The minimum atomic E-state index is -0.446. The Labute approximate surface area is 179 Å². The summed E-state index contributed by atoms with van der Waals surface area (Å²) in [4.78, 5) is 10.4. The van der Waals surface area contributed by atoms with Crippen molar-refractivity contribution in [2.24, 2.45) is 0 Å². The molecule has 5 heteroatoms. The van der Waals surface area contributed by atoms with Crippen LogP contribution in [-0.2, 0) is 9.53 Å². The summed E-state index contributed by atoms with van der Waals surface area (Å²) in [6, 6.07) is 32.3. The van der Waals surface area contributed by atoms with Crippen molar-refractivity contribution >= 4 is 61.7 Å². The molecule has 0 aromatic heterocycles. The minimum Gasteiger partial charge on any atom is -0.465 e. The lowest BCUT2D eigenvalue weighted by molar-refractivity contribution is -0.140. The maximum Gasteiger partial charge on any atom is 0.330 e. The summed E-state index contributed by atoms with van der Waals surface area (Å²) in [6.07, 6.45) is 0. The molecular weight excluding hydrogens is 487 g/mol. The molecule has 0 N–H and O–H groups in total. The van der Waals surface area contributed by atoms with Gasteiger partial charge in [0.25, 0.3) is 0 Å². The topological polar surface area (TPSA) is 26.3 Å². The Bertz CT molecular complexity index is 702. The van der Waals surface area contributed by atoms with E-state index in [1.54, 1.807) is 6.92 Å². The van der Waals surface area contributed by atoms with Gasteiger partial charge in [0.05, 0.1) is 6.61 Å². The molecule has 3 rings (SSSR count). The van der Waals surface area contributed by atoms with E-state index < -0.39 is 7.92 Å². The number of alkyl halides is 2.